The molecule has 0 radical (unpaired) electrons. The Bertz CT molecular complexity index is 397. The second kappa shape index (κ2) is 5.25. The maximum Gasteiger partial charge on any atom is 0.325 e. The summed E-state index contributed by atoms with van der Waals surface area (Å²) in [5, 5.41) is 8.45. The van der Waals surface area contributed by atoms with Gasteiger partial charge < -0.3 is 0 Å². The van der Waals surface area contributed by atoms with Crippen molar-refractivity contribution < 1.29 is 4.79 Å². The molecule has 0 aromatic carbocycles. The summed E-state index contributed by atoms with van der Waals surface area (Å²) < 4.78 is 1.27. The average Bonchev–Trinajstić information content (AvgIpc) is 2.51. The summed E-state index contributed by atoms with van der Waals surface area (Å²) >= 11 is 16.2. The minimum absolute atomic E-state index is 0.141. The molecule has 1 rings (SSSR count). The van der Waals surface area contributed by atoms with E-state index in [1.54, 1.807) is 19.3 Å². The summed E-state index contributed by atoms with van der Waals surface area (Å²) in [7, 11) is 1.68. The first kappa shape index (κ1) is 12.2. The van der Waals surface area contributed by atoms with Gasteiger partial charge in [-0.1, -0.05) is 34.8 Å². The van der Waals surface area contributed by atoms with Crippen molar-refractivity contribution >= 4 is 46.7 Å². The largest absolute Gasteiger partial charge is 0.325 e. The van der Waals surface area contributed by atoms with Crippen molar-refractivity contribution in [1.82, 2.24) is 15.1 Å². The molecule has 0 fully saturated rings. The Morgan fingerprint density at radius 3 is 2.60 bits per heavy atom. The van der Waals surface area contributed by atoms with E-state index in [9.17, 15) is 4.79 Å². The van der Waals surface area contributed by atoms with Gasteiger partial charge in [-0.05, 0) is 0 Å². The van der Waals surface area contributed by atoms with Crippen LogP contribution in [0.15, 0.2) is 21.9 Å². The summed E-state index contributed by atoms with van der Waals surface area (Å²) in [6.07, 6.45) is 1.54. The van der Waals surface area contributed by atoms with Gasteiger partial charge in [0.1, 0.15) is 15.5 Å². The molecule has 0 saturated heterocycles. The Morgan fingerprint density at radius 1 is 1.47 bits per heavy atom. The number of anilines is 1. The number of urea groups is 1. The Kier molecular flexibility index (Phi) is 4.26. The molecule has 2 N–H and O–H groups in total. The van der Waals surface area contributed by atoms with Crippen LogP contribution in [0.4, 0.5) is 10.6 Å². The van der Waals surface area contributed by atoms with Crippen LogP contribution in [0.5, 0.6) is 0 Å². The number of rotatable bonds is 2. The highest BCUT2D eigenvalue weighted by atomic mass is 35.5. The number of carbonyl (C=O) groups is 1. The fourth-order valence-corrected chi connectivity index (χ4v) is 0.971. The van der Waals surface area contributed by atoms with Gasteiger partial charge in [0.05, 0.1) is 6.20 Å². The van der Waals surface area contributed by atoms with E-state index in [1.165, 1.54) is 4.68 Å². The number of aromatic nitrogens is 2. The lowest BCUT2D eigenvalue weighted by Gasteiger charge is -2.06. The van der Waals surface area contributed by atoms with E-state index in [0.717, 1.165) is 0 Å². The van der Waals surface area contributed by atoms with Gasteiger partial charge in [0.25, 0.3) is 0 Å². The number of hydrogen-bond acceptors (Lipinski definition) is 2. The highest BCUT2D eigenvalue weighted by molar-refractivity contribution is 6.59. The summed E-state index contributed by atoms with van der Waals surface area (Å²) in [6.45, 7) is 0. The van der Waals surface area contributed by atoms with Crippen molar-refractivity contribution in [1.29, 1.82) is 0 Å². The first-order valence-corrected chi connectivity index (χ1v) is 4.91. The fourth-order valence-electron chi connectivity index (χ4n) is 0.791. The third-order valence-electron chi connectivity index (χ3n) is 1.45. The number of aryl methyl sites for hydroxylation is 1. The molecule has 0 unspecified atom stereocenters. The molecule has 1 aromatic rings. The van der Waals surface area contributed by atoms with Gasteiger partial charge in [-0.3, -0.25) is 15.3 Å². The highest BCUT2D eigenvalue weighted by Crippen LogP contribution is 2.15. The normalized spacial score (nSPS) is 9.60. The van der Waals surface area contributed by atoms with E-state index >= 15 is 0 Å². The van der Waals surface area contributed by atoms with Crippen LogP contribution < -0.4 is 10.6 Å². The van der Waals surface area contributed by atoms with Crippen LogP contribution in [-0.2, 0) is 7.05 Å². The second-order valence-electron chi connectivity index (χ2n) is 2.49. The van der Waals surface area contributed by atoms with E-state index in [1.807, 2.05) is 0 Å². The van der Waals surface area contributed by atoms with Crippen LogP contribution in [0.2, 0.25) is 0 Å². The molecule has 15 heavy (non-hydrogen) atoms. The van der Waals surface area contributed by atoms with Gasteiger partial charge in [0.2, 0.25) is 0 Å². The number of nitrogens with zero attached hydrogens (tertiary/aromatic N) is 2. The number of nitrogens with one attached hydrogen (secondary N) is 2. The van der Waals surface area contributed by atoms with Gasteiger partial charge in [-0.2, -0.15) is 5.10 Å². The molecule has 5 nitrogen and oxygen atoms in total. The average molecular weight is 270 g/mol. The Labute approximate surface area is 101 Å². The van der Waals surface area contributed by atoms with Gasteiger partial charge >= 0.3 is 6.03 Å². The molecule has 0 bridgehead atoms. The zero-order valence-electron chi connectivity index (χ0n) is 7.59. The summed E-state index contributed by atoms with van der Waals surface area (Å²) in [5.41, 5.74) is 0. The van der Waals surface area contributed by atoms with Crippen LogP contribution in [0.25, 0.3) is 0 Å². The number of halogens is 3. The third-order valence-corrected chi connectivity index (χ3v) is 2.31. The Balaban J connectivity index is 2.58. The van der Waals surface area contributed by atoms with Crippen LogP contribution in [0.3, 0.4) is 0 Å². The molecule has 0 spiro atoms. The van der Waals surface area contributed by atoms with Crippen molar-refractivity contribution in [3.63, 3.8) is 0 Å². The smallest absolute Gasteiger partial charge is 0.296 e. The molecule has 0 aliphatic carbocycles. The first-order chi connectivity index (χ1) is 7.00. The van der Waals surface area contributed by atoms with Crippen LogP contribution in [-0.4, -0.2) is 15.8 Å². The molecule has 1 aromatic heterocycles. The maximum absolute atomic E-state index is 11.3. The Morgan fingerprint density at radius 2 is 2.13 bits per heavy atom. The quantitative estimate of drug-likeness (QED) is 0.810. The molecule has 0 aliphatic heterocycles. The topological polar surface area (TPSA) is 59.0 Å². The van der Waals surface area contributed by atoms with E-state index in [4.69, 9.17) is 34.8 Å². The van der Waals surface area contributed by atoms with Gasteiger partial charge in [0.15, 0.2) is 0 Å². The molecule has 0 saturated carbocycles. The zero-order chi connectivity index (χ0) is 11.4. The fraction of sp³-hybridized carbons (Fsp3) is 0.143. The number of carbonyl (C=O) groups excluding carboxylic acids is 1. The van der Waals surface area contributed by atoms with Crippen molar-refractivity contribution in [2.75, 3.05) is 5.32 Å². The van der Waals surface area contributed by atoms with Crippen LogP contribution >= 0.6 is 34.8 Å². The number of amides is 2. The van der Waals surface area contributed by atoms with Gasteiger partial charge in [-0.15, -0.1) is 0 Å². The van der Waals surface area contributed by atoms with Crippen molar-refractivity contribution in [3.05, 3.63) is 21.9 Å². The summed E-state index contributed by atoms with van der Waals surface area (Å²) in [6, 6.07) is 1.07. The van der Waals surface area contributed by atoms with Gasteiger partial charge in [0, 0.05) is 13.1 Å². The predicted octanol–water partition coefficient (Wildman–Crippen LogP) is 2.38. The van der Waals surface area contributed by atoms with E-state index in [-0.39, 0.29) is 9.65 Å². The molecule has 82 valence electrons. The minimum atomic E-state index is -0.553. The monoisotopic (exact) mass is 268 g/mol. The molecule has 2 amide bonds. The molecule has 8 heteroatoms. The van der Waals surface area contributed by atoms with Gasteiger partial charge in [-0.25, -0.2) is 4.79 Å². The SMILES string of the molecule is Cn1nccc1NC(=O)NC(Cl)=C(Cl)Cl. The Hall–Kier alpha value is -0.910. The minimum Gasteiger partial charge on any atom is -0.296 e. The molecule has 1 heterocycles. The van der Waals surface area contributed by atoms with Crippen molar-refractivity contribution in [2.45, 2.75) is 0 Å². The highest BCUT2D eigenvalue weighted by Gasteiger charge is 2.07. The molecule has 0 atom stereocenters. The van der Waals surface area contributed by atoms with Crippen molar-refractivity contribution in [2.24, 2.45) is 7.05 Å². The predicted molar refractivity (Wildman–Crippen MR) is 59.9 cm³/mol. The molecular weight excluding hydrogens is 262 g/mol. The van der Waals surface area contributed by atoms with Crippen molar-refractivity contribution in [3.8, 4) is 0 Å². The van der Waals surface area contributed by atoms with Crippen LogP contribution in [0.1, 0.15) is 0 Å². The lowest BCUT2D eigenvalue weighted by molar-refractivity contribution is 0.254. The number of hydrogen-bond donors (Lipinski definition) is 2. The lowest BCUT2D eigenvalue weighted by atomic mass is 10.6. The van der Waals surface area contributed by atoms with E-state index < -0.39 is 6.03 Å². The maximum atomic E-state index is 11.3. The zero-order valence-corrected chi connectivity index (χ0v) is 9.86. The second-order valence-corrected chi connectivity index (χ2v) is 3.82. The molecular formula is C7H7Cl3N4O. The van der Waals surface area contributed by atoms with E-state index in [2.05, 4.69) is 15.7 Å². The standard InChI is InChI=1S/C7H7Cl3N4O/c1-14-4(2-3-11-14)12-7(15)13-6(10)5(8)9/h2-3H,1H3,(H2,12,13,15). The van der Waals surface area contributed by atoms with Crippen LogP contribution in [0, 0.1) is 0 Å². The third kappa shape index (κ3) is 3.62. The summed E-state index contributed by atoms with van der Waals surface area (Å²) in [5.74, 6) is 0.516. The lowest BCUT2D eigenvalue weighted by Crippen LogP contribution is -2.27. The molecule has 0 aliphatic rings. The first-order valence-electron chi connectivity index (χ1n) is 3.77. The van der Waals surface area contributed by atoms with E-state index in [0.29, 0.717) is 5.82 Å². The summed E-state index contributed by atoms with van der Waals surface area (Å²) in [4.78, 5) is 11.3.